The highest BCUT2D eigenvalue weighted by Gasteiger charge is 2.18. The van der Waals surface area contributed by atoms with Gasteiger partial charge in [-0.05, 0) is 35.9 Å². The van der Waals surface area contributed by atoms with Crippen LogP contribution in [0.1, 0.15) is 17.4 Å². The van der Waals surface area contributed by atoms with Crippen molar-refractivity contribution in [1.29, 1.82) is 0 Å². The zero-order valence-corrected chi connectivity index (χ0v) is 12.7. The molecule has 0 aliphatic rings. The Balaban J connectivity index is 1.97. The fourth-order valence-electron chi connectivity index (χ4n) is 2.18. The fourth-order valence-corrected chi connectivity index (χ4v) is 2.51. The van der Waals surface area contributed by atoms with Gasteiger partial charge < -0.3 is 9.73 Å². The van der Waals surface area contributed by atoms with Crippen LogP contribution in [0.2, 0.25) is 0 Å². The molecule has 1 heterocycles. The minimum Gasteiger partial charge on any atom is -0.467 e. The number of rotatable bonds is 4. The Morgan fingerprint density at radius 2 is 1.81 bits per heavy atom. The smallest absolute Gasteiger partial charge is 0.147 e. The molecule has 4 heteroatoms. The van der Waals surface area contributed by atoms with Crippen molar-refractivity contribution in [3.63, 3.8) is 0 Å². The predicted molar refractivity (Wildman–Crippen MR) is 84.7 cm³/mol. The molecule has 3 rings (SSSR count). The normalized spacial score (nSPS) is 12.1. The van der Waals surface area contributed by atoms with Gasteiger partial charge in [0.2, 0.25) is 0 Å². The highest BCUT2D eigenvalue weighted by Crippen LogP contribution is 2.29. The second kappa shape index (κ2) is 6.14. The van der Waals surface area contributed by atoms with Gasteiger partial charge in [-0.3, -0.25) is 0 Å². The molecule has 0 spiro atoms. The van der Waals surface area contributed by atoms with Gasteiger partial charge in [0.1, 0.15) is 17.6 Å². The maximum Gasteiger partial charge on any atom is 0.147 e. The number of hydrogen-bond acceptors (Lipinski definition) is 2. The number of halogens is 2. The lowest BCUT2D eigenvalue weighted by molar-refractivity contribution is 0.498. The van der Waals surface area contributed by atoms with E-state index in [9.17, 15) is 4.39 Å². The van der Waals surface area contributed by atoms with Crippen molar-refractivity contribution in [2.45, 2.75) is 6.04 Å². The Bertz CT molecular complexity index is 713. The van der Waals surface area contributed by atoms with E-state index < -0.39 is 0 Å². The molecule has 106 valence electrons. The van der Waals surface area contributed by atoms with Crippen LogP contribution in [0, 0.1) is 5.82 Å². The molecular weight excluding hydrogens is 333 g/mol. The molecule has 0 aliphatic carbocycles. The van der Waals surface area contributed by atoms with E-state index in [4.69, 9.17) is 4.42 Å². The number of benzene rings is 2. The van der Waals surface area contributed by atoms with E-state index in [-0.39, 0.29) is 11.9 Å². The minimum absolute atomic E-state index is 0.239. The lowest BCUT2D eigenvalue weighted by Crippen LogP contribution is -2.12. The monoisotopic (exact) mass is 345 g/mol. The zero-order valence-electron chi connectivity index (χ0n) is 11.1. The molecule has 1 aromatic heterocycles. The van der Waals surface area contributed by atoms with Crippen LogP contribution < -0.4 is 5.32 Å². The van der Waals surface area contributed by atoms with Gasteiger partial charge in [-0.15, -0.1) is 0 Å². The van der Waals surface area contributed by atoms with Gasteiger partial charge in [0.05, 0.1) is 12.0 Å². The third-order valence-corrected chi connectivity index (χ3v) is 3.68. The van der Waals surface area contributed by atoms with Crippen molar-refractivity contribution in [1.82, 2.24) is 0 Å². The first kappa shape index (κ1) is 13.9. The van der Waals surface area contributed by atoms with Crippen LogP contribution in [0.4, 0.5) is 10.1 Å². The van der Waals surface area contributed by atoms with Crippen molar-refractivity contribution in [2.24, 2.45) is 0 Å². The molecule has 3 aromatic rings. The van der Waals surface area contributed by atoms with E-state index in [1.165, 1.54) is 6.07 Å². The number of hydrogen-bond donors (Lipinski definition) is 1. The molecule has 0 fully saturated rings. The molecule has 0 radical (unpaired) electrons. The van der Waals surface area contributed by atoms with Crippen LogP contribution in [-0.4, -0.2) is 0 Å². The molecule has 21 heavy (non-hydrogen) atoms. The van der Waals surface area contributed by atoms with Gasteiger partial charge in [-0.25, -0.2) is 4.39 Å². The molecule has 0 amide bonds. The largest absolute Gasteiger partial charge is 0.467 e. The van der Waals surface area contributed by atoms with Gasteiger partial charge in [0.25, 0.3) is 0 Å². The molecule has 1 N–H and O–H groups in total. The third-order valence-electron chi connectivity index (χ3n) is 3.19. The second-order valence-corrected chi connectivity index (χ2v) is 5.54. The summed E-state index contributed by atoms with van der Waals surface area (Å²) in [6.45, 7) is 0. The molecule has 0 saturated carbocycles. The highest BCUT2D eigenvalue weighted by molar-refractivity contribution is 9.10. The van der Waals surface area contributed by atoms with Crippen molar-refractivity contribution in [2.75, 3.05) is 5.32 Å². The van der Waals surface area contributed by atoms with E-state index in [1.807, 2.05) is 42.5 Å². The van der Waals surface area contributed by atoms with E-state index in [0.717, 1.165) is 11.3 Å². The van der Waals surface area contributed by atoms with Crippen LogP contribution in [0.15, 0.2) is 75.8 Å². The topological polar surface area (TPSA) is 25.2 Å². The van der Waals surface area contributed by atoms with E-state index in [0.29, 0.717) is 10.2 Å². The van der Waals surface area contributed by atoms with Gasteiger partial charge in [0.15, 0.2) is 0 Å². The molecule has 0 saturated heterocycles. The second-order valence-electron chi connectivity index (χ2n) is 4.63. The Morgan fingerprint density at radius 1 is 1.00 bits per heavy atom. The van der Waals surface area contributed by atoms with E-state index in [1.54, 1.807) is 18.4 Å². The standard InChI is InChI=1S/C17H13BrFNO/c18-13-8-9-15(14(19)11-13)20-17(16-7-4-10-21-16)12-5-2-1-3-6-12/h1-11,17,20H. The number of furan rings is 1. The van der Waals surface area contributed by atoms with E-state index >= 15 is 0 Å². The number of nitrogens with one attached hydrogen (secondary N) is 1. The highest BCUT2D eigenvalue weighted by atomic mass is 79.9. The molecule has 0 bridgehead atoms. The van der Waals surface area contributed by atoms with Crippen LogP contribution in [0.25, 0.3) is 0 Å². The van der Waals surface area contributed by atoms with Crippen molar-refractivity contribution in [3.05, 3.63) is 88.5 Å². The summed E-state index contributed by atoms with van der Waals surface area (Å²) in [6.07, 6.45) is 1.62. The lowest BCUT2D eigenvalue weighted by atomic mass is 10.0. The molecule has 1 unspecified atom stereocenters. The fraction of sp³-hybridized carbons (Fsp3) is 0.0588. The average molecular weight is 346 g/mol. The molecule has 2 aromatic carbocycles. The SMILES string of the molecule is Fc1cc(Br)ccc1NC(c1ccccc1)c1ccco1. The van der Waals surface area contributed by atoms with E-state index in [2.05, 4.69) is 21.2 Å². The van der Waals surface area contributed by atoms with Crippen molar-refractivity contribution >= 4 is 21.6 Å². The summed E-state index contributed by atoms with van der Waals surface area (Å²) in [6, 6.07) is 18.2. The summed E-state index contributed by atoms with van der Waals surface area (Å²) in [5.41, 5.74) is 1.44. The Morgan fingerprint density at radius 3 is 2.48 bits per heavy atom. The van der Waals surface area contributed by atoms with Crippen molar-refractivity contribution < 1.29 is 8.81 Å². The van der Waals surface area contributed by atoms with Crippen LogP contribution in [0.3, 0.4) is 0 Å². The Kier molecular flexibility index (Phi) is 4.06. The summed E-state index contributed by atoms with van der Waals surface area (Å²) in [5.74, 6) is 0.431. The molecule has 2 nitrogen and oxygen atoms in total. The Labute approximate surface area is 130 Å². The first-order valence-electron chi connectivity index (χ1n) is 6.54. The van der Waals surface area contributed by atoms with Crippen molar-refractivity contribution in [3.8, 4) is 0 Å². The summed E-state index contributed by atoms with van der Waals surface area (Å²) < 4.78 is 20.2. The third kappa shape index (κ3) is 3.16. The Hall–Kier alpha value is -2.07. The summed E-state index contributed by atoms with van der Waals surface area (Å²) >= 11 is 3.26. The van der Waals surface area contributed by atoms with Gasteiger partial charge in [-0.1, -0.05) is 46.3 Å². The van der Waals surface area contributed by atoms with Gasteiger partial charge in [-0.2, -0.15) is 0 Å². The summed E-state index contributed by atoms with van der Waals surface area (Å²) in [4.78, 5) is 0. The summed E-state index contributed by atoms with van der Waals surface area (Å²) in [5, 5.41) is 3.20. The van der Waals surface area contributed by atoms with Gasteiger partial charge >= 0.3 is 0 Å². The number of anilines is 1. The maximum atomic E-state index is 14.0. The molecular formula is C17H13BrFNO. The van der Waals surface area contributed by atoms with Gasteiger partial charge in [0, 0.05) is 4.47 Å². The zero-order chi connectivity index (χ0) is 14.7. The molecule has 0 aliphatic heterocycles. The first-order valence-corrected chi connectivity index (χ1v) is 7.33. The quantitative estimate of drug-likeness (QED) is 0.686. The maximum absolute atomic E-state index is 14.0. The predicted octanol–water partition coefficient (Wildman–Crippen LogP) is 5.38. The lowest BCUT2D eigenvalue weighted by Gasteiger charge is -2.19. The van der Waals surface area contributed by atoms with Crippen LogP contribution in [-0.2, 0) is 0 Å². The average Bonchev–Trinajstić information content (AvgIpc) is 3.01. The minimum atomic E-state index is -0.308. The van der Waals surface area contributed by atoms with Crippen LogP contribution in [0.5, 0.6) is 0 Å². The first-order chi connectivity index (χ1) is 10.2. The molecule has 1 atom stereocenters. The van der Waals surface area contributed by atoms with Crippen LogP contribution >= 0.6 is 15.9 Å². The summed E-state index contributed by atoms with van der Waals surface area (Å²) in [7, 11) is 0.